The zero-order chi connectivity index (χ0) is 16.2. The summed E-state index contributed by atoms with van der Waals surface area (Å²) in [7, 11) is 0. The summed E-state index contributed by atoms with van der Waals surface area (Å²) in [6.45, 7) is 5.53. The van der Waals surface area contributed by atoms with Gasteiger partial charge >= 0.3 is 5.97 Å². The van der Waals surface area contributed by atoms with E-state index >= 15 is 0 Å². The van der Waals surface area contributed by atoms with Crippen molar-refractivity contribution in [3.8, 4) is 6.07 Å². The van der Waals surface area contributed by atoms with Crippen molar-refractivity contribution in [1.82, 2.24) is 4.98 Å². The third-order valence-electron chi connectivity index (χ3n) is 3.38. The molecule has 0 atom stereocenters. The van der Waals surface area contributed by atoms with Crippen LogP contribution in [0.2, 0.25) is 0 Å². The number of ether oxygens (including phenoxy) is 1. The highest BCUT2D eigenvalue weighted by Crippen LogP contribution is 2.27. The summed E-state index contributed by atoms with van der Waals surface area (Å²) in [5, 5.41) is 9.97. The largest absolute Gasteiger partial charge is 0.459 e. The van der Waals surface area contributed by atoms with Gasteiger partial charge in [0.15, 0.2) is 0 Å². The van der Waals surface area contributed by atoms with Gasteiger partial charge in [-0.1, -0.05) is 18.2 Å². The van der Waals surface area contributed by atoms with Gasteiger partial charge in [-0.2, -0.15) is 5.26 Å². The number of pyridine rings is 1. The van der Waals surface area contributed by atoms with E-state index < -0.39 is 5.60 Å². The van der Waals surface area contributed by atoms with Crippen molar-refractivity contribution in [3.63, 3.8) is 0 Å². The summed E-state index contributed by atoms with van der Waals surface area (Å²) in [4.78, 5) is 16.5. The molecule has 0 N–H and O–H groups in total. The number of carbonyl (C=O) groups is 1. The molecule has 0 unspecified atom stereocenters. The van der Waals surface area contributed by atoms with E-state index in [2.05, 4.69) is 11.1 Å². The van der Waals surface area contributed by atoms with E-state index in [1.807, 2.05) is 26.8 Å². The molecular weight excluding hydrogens is 296 g/mol. The molecule has 5 heteroatoms. The highest BCUT2D eigenvalue weighted by molar-refractivity contribution is 7.99. The number of hydrogen-bond acceptors (Lipinski definition) is 5. The van der Waals surface area contributed by atoms with Crippen LogP contribution in [0.4, 0.5) is 0 Å². The van der Waals surface area contributed by atoms with E-state index in [1.54, 1.807) is 0 Å². The number of rotatable bonds is 3. The second-order valence-corrected chi connectivity index (χ2v) is 7.46. The van der Waals surface area contributed by atoms with E-state index in [9.17, 15) is 10.1 Å². The molecule has 0 spiro atoms. The SMILES string of the molecule is CC(C)(C)OC(=O)CSc1nc2c(cc1C#N)CCCCC2. The number of nitrogens with zero attached hydrogens (tertiary/aromatic N) is 2. The lowest BCUT2D eigenvalue weighted by Crippen LogP contribution is -2.25. The molecule has 0 aromatic carbocycles. The lowest BCUT2D eigenvalue weighted by atomic mass is 10.1. The first-order chi connectivity index (χ1) is 10.4. The molecule has 0 saturated carbocycles. The molecule has 0 bridgehead atoms. The number of carbonyl (C=O) groups excluding carboxylic acids is 1. The highest BCUT2D eigenvalue weighted by atomic mass is 32.2. The molecule has 0 amide bonds. The van der Waals surface area contributed by atoms with Crippen molar-refractivity contribution in [2.45, 2.75) is 63.5 Å². The average Bonchev–Trinajstić information content (AvgIpc) is 2.66. The Bertz CT molecular complexity index is 600. The van der Waals surface area contributed by atoms with Crippen LogP contribution >= 0.6 is 11.8 Å². The summed E-state index contributed by atoms with van der Waals surface area (Å²) in [6.07, 6.45) is 5.46. The number of aromatic nitrogens is 1. The Labute approximate surface area is 136 Å². The minimum atomic E-state index is -0.489. The molecule has 0 aliphatic heterocycles. The van der Waals surface area contributed by atoms with Gasteiger partial charge in [-0.15, -0.1) is 0 Å². The molecule has 1 aliphatic carbocycles. The monoisotopic (exact) mass is 318 g/mol. The minimum Gasteiger partial charge on any atom is -0.459 e. The highest BCUT2D eigenvalue weighted by Gasteiger charge is 2.19. The third kappa shape index (κ3) is 4.74. The van der Waals surface area contributed by atoms with Gasteiger partial charge in [-0.25, -0.2) is 4.98 Å². The van der Waals surface area contributed by atoms with Gasteiger partial charge in [-0.05, 0) is 58.1 Å². The van der Waals surface area contributed by atoms with Gasteiger partial charge in [0.2, 0.25) is 0 Å². The van der Waals surface area contributed by atoms with Crippen LogP contribution in [0, 0.1) is 11.3 Å². The Kier molecular flexibility index (Phi) is 5.47. The maximum absolute atomic E-state index is 11.8. The number of fused-ring (bicyclic) bond motifs is 1. The predicted molar refractivity (Wildman–Crippen MR) is 86.8 cm³/mol. The van der Waals surface area contributed by atoms with Gasteiger partial charge in [0.25, 0.3) is 0 Å². The van der Waals surface area contributed by atoms with E-state index in [-0.39, 0.29) is 11.7 Å². The molecule has 0 radical (unpaired) electrons. The van der Waals surface area contributed by atoms with Crippen LogP contribution in [0.3, 0.4) is 0 Å². The van der Waals surface area contributed by atoms with E-state index in [1.165, 1.54) is 23.7 Å². The predicted octanol–water partition coefficient (Wildman–Crippen LogP) is 3.66. The molecule has 0 saturated heterocycles. The van der Waals surface area contributed by atoms with Crippen LogP contribution < -0.4 is 0 Å². The summed E-state index contributed by atoms with van der Waals surface area (Å²) in [5.74, 6) is -0.101. The van der Waals surface area contributed by atoms with Crippen LogP contribution in [0.1, 0.15) is 56.9 Å². The topological polar surface area (TPSA) is 63.0 Å². The zero-order valence-electron chi connectivity index (χ0n) is 13.4. The number of thioether (sulfide) groups is 1. The lowest BCUT2D eigenvalue weighted by molar-refractivity contribution is -0.151. The van der Waals surface area contributed by atoms with Crippen molar-refractivity contribution in [3.05, 3.63) is 22.9 Å². The fraction of sp³-hybridized carbons (Fsp3) is 0.588. The van der Waals surface area contributed by atoms with Crippen LogP contribution in [0.25, 0.3) is 0 Å². The summed E-state index contributed by atoms with van der Waals surface area (Å²) in [5.41, 5.74) is 2.35. The Balaban J connectivity index is 2.12. The van der Waals surface area contributed by atoms with Crippen molar-refractivity contribution < 1.29 is 9.53 Å². The van der Waals surface area contributed by atoms with Crippen LogP contribution in [0.15, 0.2) is 11.1 Å². The standard InChI is InChI=1S/C17H22N2O2S/c1-17(2,3)21-15(20)11-22-16-13(10-18)9-12-7-5-4-6-8-14(12)19-16/h9H,4-8,11H2,1-3H3. The van der Waals surface area contributed by atoms with Crippen LogP contribution in [0.5, 0.6) is 0 Å². The first-order valence-corrected chi connectivity index (χ1v) is 8.65. The summed E-state index contributed by atoms with van der Waals surface area (Å²) in [6, 6.07) is 4.15. The Morgan fingerprint density at radius 2 is 2.09 bits per heavy atom. The van der Waals surface area contributed by atoms with Gasteiger partial charge in [-0.3, -0.25) is 4.79 Å². The number of nitriles is 1. The third-order valence-corrected chi connectivity index (χ3v) is 4.35. The molecule has 1 aliphatic rings. The van der Waals surface area contributed by atoms with Crippen LogP contribution in [-0.4, -0.2) is 22.3 Å². The normalized spacial score (nSPS) is 14.6. The lowest BCUT2D eigenvalue weighted by Gasteiger charge is -2.19. The molecular formula is C17H22N2O2S. The maximum Gasteiger partial charge on any atom is 0.316 e. The summed E-state index contributed by atoms with van der Waals surface area (Å²) >= 11 is 1.29. The van der Waals surface area contributed by atoms with Crippen molar-refractivity contribution in [2.24, 2.45) is 0 Å². The Hall–Kier alpha value is -1.54. The first kappa shape index (κ1) is 16.8. The smallest absolute Gasteiger partial charge is 0.316 e. The van der Waals surface area contributed by atoms with Crippen molar-refractivity contribution in [2.75, 3.05) is 5.75 Å². The van der Waals surface area contributed by atoms with E-state index in [0.29, 0.717) is 10.6 Å². The maximum atomic E-state index is 11.8. The molecule has 4 nitrogen and oxygen atoms in total. The fourth-order valence-electron chi connectivity index (χ4n) is 2.48. The molecule has 22 heavy (non-hydrogen) atoms. The van der Waals surface area contributed by atoms with Gasteiger partial charge in [0, 0.05) is 5.69 Å². The second kappa shape index (κ2) is 7.15. The molecule has 1 heterocycles. The van der Waals surface area contributed by atoms with Gasteiger partial charge in [0.05, 0.1) is 11.3 Å². The quantitative estimate of drug-likeness (QED) is 0.483. The van der Waals surface area contributed by atoms with Crippen molar-refractivity contribution in [1.29, 1.82) is 5.26 Å². The number of esters is 1. The molecule has 2 rings (SSSR count). The van der Waals surface area contributed by atoms with E-state index in [0.717, 1.165) is 31.4 Å². The second-order valence-electron chi connectivity index (χ2n) is 6.49. The molecule has 118 valence electrons. The van der Waals surface area contributed by atoms with Gasteiger partial charge < -0.3 is 4.74 Å². The summed E-state index contributed by atoms with van der Waals surface area (Å²) < 4.78 is 5.30. The van der Waals surface area contributed by atoms with Crippen molar-refractivity contribution >= 4 is 17.7 Å². The minimum absolute atomic E-state index is 0.178. The number of hydrogen-bond donors (Lipinski definition) is 0. The molecule has 0 fully saturated rings. The Morgan fingerprint density at radius 1 is 1.36 bits per heavy atom. The van der Waals surface area contributed by atoms with Crippen LogP contribution in [-0.2, 0) is 22.4 Å². The Morgan fingerprint density at radius 3 is 2.77 bits per heavy atom. The fourth-order valence-corrected chi connectivity index (χ4v) is 3.23. The molecule has 1 aromatic heterocycles. The van der Waals surface area contributed by atoms with E-state index in [4.69, 9.17) is 4.74 Å². The molecule has 1 aromatic rings. The average molecular weight is 318 g/mol. The number of aryl methyl sites for hydroxylation is 2. The zero-order valence-corrected chi connectivity index (χ0v) is 14.3. The first-order valence-electron chi connectivity index (χ1n) is 7.66. The van der Waals surface area contributed by atoms with Gasteiger partial charge in [0.1, 0.15) is 16.7 Å².